The van der Waals surface area contributed by atoms with Crippen molar-refractivity contribution >= 4 is 0 Å². The third-order valence-corrected chi connectivity index (χ3v) is 3.72. The van der Waals surface area contributed by atoms with Crippen molar-refractivity contribution in [2.24, 2.45) is 0 Å². The van der Waals surface area contributed by atoms with E-state index >= 15 is 0 Å². The van der Waals surface area contributed by atoms with Crippen molar-refractivity contribution in [3.05, 3.63) is 70.8 Å². The summed E-state index contributed by atoms with van der Waals surface area (Å²) in [6, 6.07) is 13.6. The molecule has 0 unspecified atom stereocenters. The third kappa shape index (κ3) is 2.56. The van der Waals surface area contributed by atoms with Gasteiger partial charge < -0.3 is 5.32 Å². The molecular weight excluding hydrogens is 263 g/mol. The van der Waals surface area contributed by atoms with Crippen LogP contribution in [-0.4, -0.2) is 0 Å². The summed E-state index contributed by atoms with van der Waals surface area (Å²) in [5.74, 6) is 0. The van der Waals surface area contributed by atoms with E-state index in [0.717, 1.165) is 30.7 Å². The second-order valence-corrected chi connectivity index (χ2v) is 5.03. The highest BCUT2D eigenvalue weighted by Crippen LogP contribution is 2.31. The first kappa shape index (κ1) is 13.2. The third-order valence-electron chi connectivity index (χ3n) is 3.72. The Morgan fingerprint density at radius 3 is 2.20 bits per heavy atom. The van der Waals surface area contributed by atoms with Crippen LogP contribution in [0.25, 0.3) is 0 Å². The van der Waals surface area contributed by atoms with Gasteiger partial charge in [-0.2, -0.15) is 13.2 Å². The van der Waals surface area contributed by atoms with Gasteiger partial charge in [-0.1, -0.05) is 36.4 Å². The number of halogens is 3. The average molecular weight is 277 g/mol. The minimum absolute atomic E-state index is 0.0761. The van der Waals surface area contributed by atoms with E-state index in [-0.39, 0.29) is 6.04 Å². The van der Waals surface area contributed by atoms with Crippen LogP contribution in [-0.2, 0) is 19.1 Å². The Labute approximate surface area is 115 Å². The number of alkyl halides is 3. The molecule has 0 aromatic heterocycles. The zero-order valence-electron chi connectivity index (χ0n) is 10.7. The van der Waals surface area contributed by atoms with Gasteiger partial charge in [-0.25, -0.2) is 0 Å². The number of benzene rings is 2. The smallest absolute Gasteiger partial charge is 0.306 e. The zero-order valence-corrected chi connectivity index (χ0v) is 10.7. The molecule has 1 N–H and O–H groups in total. The van der Waals surface area contributed by atoms with Gasteiger partial charge in [-0.15, -0.1) is 0 Å². The lowest BCUT2D eigenvalue weighted by atomic mass is 9.91. The lowest BCUT2D eigenvalue weighted by molar-refractivity contribution is -0.137. The van der Waals surface area contributed by atoms with E-state index in [0.29, 0.717) is 0 Å². The van der Waals surface area contributed by atoms with Crippen molar-refractivity contribution in [2.45, 2.75) is 25.2 Å². The van der Waals surface area contributed by atoms with E-state index < -0.39 is 11.7 Å². The molecule has 0 radical (unpaired) electrons. The maximum absolute atomic E-state index is 12.5. The number of hydrogen-bond acceptors (Lipinski definition) is 1. The standard InChI is InChI=1S/C16H14F3N/c17-16(18,19)14-7-5-11(6-8-14)15-9-12-3-1-2-4-13(12)10-20-15/h1-8,15,20H,9-10H2/t15-/m0/s1. The molecule has 0 saturated heterocycles. The van der Waals surface area contributed by atoms with Crippen LogP contribution in [0.5, 0.6) is 0 Å². The summed E-state index contributed by atoms with van der Waals surface area (Å²) in [5.41, 5.74) is 2.82. The predicted molar refractivity (Wildman–Crippen MR) is 71.2 cm³/mol. The summed E-state index contributed by atoms with van der Waals surface area (Å²) in [6.45, 7) is 0.752. The molecule has 1 heterocycles. The lowest BCUT2D eigenvalue weighted by Gasteiger charge is -2.26. The van der Waals surface area contributed by atoms with Crippen LogP contribution in [0.1, 0.15) is 28.3 Å². The first-order valence-electron chi connectivity index (χ1n) is 6.51. The summed E-state index contributed by atoms with van der Waals surface area (Å²) in [6.07, 6.45) is -3.47. The maximum atomic E-state index is 12.5. The molecule has 0 saturated carbocycles. The van der Waals surface area contributed by atoms with Crippen molar-refractivity contribution in [3.8, 4) is 0 Å². The van der Waals surface area contributed by atoms with Gasteiger partial charge in [0, 0.05) is 12.6 Å². The fraction of sp³-hybridized carbons (Fsp3) is 0.250. The van der Waals surface area contributed by atoms with E-state index in [9.17, 15) is 13.2 Å². The van der Waals surface area contributed by atoms with Crippen LogP contribution >= 0.6 is 0 Å². The van der Waals surface area contributed by atoms with Gasteiger partial charge in [0.15, 0.2) is 0 Å². The van der Waals surface area contributed by atoms with Crippen molar-refractivity contribution in [3.63, 3.8) is 0 Å². The highest BCUT2D eigenvalue weighted by molar-refractivity contribution is 5.34. The Morgan fingerprint density at radius 1 is 0.900 bits per heavy atom. The first-order chi connectivity index (χ1) is 9.54. The number of nitrogens with one attached hydrogen (secondary N) is 1. The van der Waals surface area contributed by atoms with E-state index in [1.165, 1.54) is 11.1 Å². The second kappa shape index (κ2) is 4.94. The normalized spacial score (nSPS) is 18.6. The van der Waals surface area contributed by atoms with Crippen molar-refractivity contribution in [1.29, 1.82) is 0 Å². The van der Waals surface area contributed by atoms with Gasteiger partial charge in [-0.05, 0) is 35.2 Å². The molecule has 2 aromatic carbocycles. The molecule has 104 valence electrons. The predicted octanol–water partition coefficient (Wildman–Crippen LogP) is 4.09. The summed E-state index contributed by atoms with van der Waals surface area (Å²) in [7, 11) is 0. The molecule has 1 nitrogen and oxygen atoms in total. The molecule has 0 bridgehead atoms. The van der Waals surface area contributed by atoms with Crippen molar-refractivity contribution < 1.29 is 13.2 Å². The summed E-state index contributed by atoms with van der Waals surface area (Å²) < 4.78 is 37.6. The Bertz CT molecular complexity index is 602. The van der Waals surface area contributed by atoms with E-state index in [4.69, 9.17) is 0 Å². The van der Waals surface area contributed by atoms with Gasteiger partial charge in [0.25, 0.3) is 0 Å². The highest BCUT2D eigenvalue weighted by Gasteiger charge is 2.30. The van der Waals surface area contributed by atoms with Crippen LogP contribution in [0.15, 0.2) is 48.5 Å². The quantitative estimate of drug-likeness (QED) is 0.827. The topological polar surface area (TPSA) is 12.0 Å². The van der Waals surface area contributed by atoms with Crippen LogP contribution in [0, 0.1) is 0 Å². The molecule has 3 rings (SSSR count). The fourth-order valence-corrected chi connectivity index (χ4v) is 2.59. The molecule has 0 aliphatic carbocycles. The monoisotopic (exact) mass is 277 g/mol. The Kier molecular flexibility index (Phi) is 3.26. The zero-order chi connectivity index (χ0) is 14.2. The summed E-state index contributed by atoms with van der Waals surface area (Å²) >= 11 is 0. The molecule has 1 atom stereocenters. The molecule has 4 heteroatoms. The average Bonchev–Trinajstić information content (AvgIpc) is 2.46. The molecule has 0 amide bonds. The molecule has 0 spiro atoms. The molecular formula is C16H14F3N. The van der Waals surface area contributed by atoms with E-state index in [2.05, 4.69) is 17.4 Å². The number of fused-ring (bicyclic) bond motifs is 1. The molecule has 1 aliphatic rings. The Morgan fingerprint density at radius 2 is 1.55 bits per heavy atom. The molecule has 1 aliphatic heterocycles. The van der Waals surface area contributed by atoms with Gasteiger partial charge >= 0.3 is 6.18 Å². The fourth-order valence-electron chi connectivity index (χ4n) is 2.59. The Balaban J connectivity index is 1.81. The van der Waals surface area contributed by atoms with Gasteiger partial charge in [-0.3, -0.25) is 0 Å². The largest absolute Gasteiger partial charge is 0.416 e. The lowest BCUT2D eigenvalue weighted by Crippen LogP contribution is -2.28. The number of hydrogen-bond donors (Lipinski definition) is 1. The van der Waals surface area contributed by atoms with Crippen LogP contribution in [0.2, 0.25) is 0 Å². The highest BCUT2D eigenvalue weighted by atomic mass is 19.4. The SMILES string of the molecule is FC(F)(F)c1ccc([C@@H]2Cc3ccccc3CN2)cc1. The Hall–Kier alpha value is -1.81. The van der Waals surface area contributed by atoms with E-state index in [1.807, 2.05) is 12.1 Å². The molecule has 2 aromatic rings. The molecule has 0 fully saturated rings. The van der Waals surface area contributed by atoms with Gasteiger partial charge in [0.05, 0.1) is 5.56 Å². The van der Waals surface area contributed by atoms with E-state index in [1.54, 1.807) is 12.1 Å². The van der Waals surface area contributed by atoms with Crippen molar-refractivity contribution in [2.75, 3.05) is 0 Å². The summed E-state index contributed by atoms with van der Waals surface area (Å²) in [4.78, 5) is 0. The summed E-state index contributed by atoms with van der Waals surface area (Å²) in [5, 5.41) is 3.37. The van der Waals surface area contributed by atoms with Gasteiger partial charge in [0.2, 0.25) is 0 Å². The van der Waals surface area contributed by atoms with Crippen molar-refractivity contribution in [1.82, 2.24) is 5.32 Å². The maximum Gasteiger partial charge on any atom is 0.416 e. The molecule has 20 heavy (non-hydrogen) atoms. The number of rotatable bonds is 1. The minimum Gasteiger partial charge on any atom is -0.306 e. The van der Waals surface area contributed by atoms with Gasteiger partial charge in [0.1, 0.15) is 0 Å². The first-order valence-corrected chi connectivity index (χ1v) is 6.51. The van der Waals surface area contributed by atoms with Crippen LogP contribution in [0.3, 0.4) is 0 Å². The van der Waals surface area contributed by atoms with Crippen LogP contribution in [0.4, 0.5) is 13.2 Å². The van der Waals surface area contributed by atoms with Crippen LogP contribution < -0.4 is 5.32 Å². The second-order valence-electron chi connectivity index (χ2n) is 5.03. The minimum atomic E-state index is -4.27.